The predicted molar refractivity (Wildman–Crippen MR) is 60.5 cm³/mol. The van der Waals surface area contributed by atoms with Crippen LogP contribution in [-0.4, -0.2) is 4.98 Å². The normalized spacial score (nSPS) is 9.94. The Morgan fingerprint density at radius 2 is 2.06 bits per heavy atom. The number of hydrogen-bond donors (Lipinski definition) is 1. The fourth-order valence-electron chi connectivity index (χ4n) is 1.31. The van der Waals surface area contributed by atoms with Gasteiger partial charge < -0.3 is 5.32 Å². The second-order valence-corrected chi connectivity index (χ2v) is 4.19. The van der Waals surface area contributed by atoms with E-state index in [0.29, 0.717) is 0 Å². The molecular weight excluding hydrogens is 244 g/mol. The lowest BCUT2D eigenvalue weighted by atomic mass is 10.2. The summed E-state index contributed by atoms with van der Waals surface area (Å²) < 4.78 is 26.9. The summed E-state index contributed by atoms with van der Waals surface area (Å²) >= 11 is 1.39. The standard InChI is InChI=1S/C11H7F2N3S/c12-8-3-7(5-14)4-9(13)11(8)16-6-10-15-1-2-17-10/h1-4,16H,6H2. The molecule has 6 heteroatoms. The van der Waals surface area contributed by atoms with Gasteiger partial charge in [-0.25, -0.2) is 13.8 Å². The highest BCUT2D eigenvalue weighted by Gasteiger charge is 2.11. The first-order chi connectivity index (χ1) is 8.20. The molecule has 0 radical (unpaired) electrons. The zero-order valence-corrected chi connectivity index (χ0v) is 9.39. The molecule has 2 aromatic rings. The van der Waals surface area contributed by atoms with Crippen LogP contribution in [0.4, 0.5) is 14.5 Å². The third-order valence-electron chi connectivity index (χ3n) is 2.07. The number of halogens is 2. The Morgan fingerprint density at radius 3 is 2.59 bits per heavy atom. The summed E-state index contributed by atoms with van der Waals surface area (Å²) in [7, 11) is 0. The Balaban J connectivity index is 2.19. The molecule has 1 N–H and O–H groups in total. The molecule has 0 saturated carbocycles. The number of nitrogens with one attached hydrogen (secondary N) is 1. The smallest absolute Gasteiger partial charge is 0.150 e. The van der Waals surface area contributed by atoms with Crippen LogP contribution < -0.4 is 5.32 Å². The zero-order chi connectivity index (χ0) is 12.3. The minimum atomic E-state index is -0.780. The molecule has 0 bridgehead atoms. The third-order valence-corrected chi connectivity index (χ3v) is 2.85. The maximum Gasteiger partial charge on any atom is 0.150 e. The van der Waals surface area contributed by atoms with E-state index in [-0.39, 0.29) is 17.8 Å². The van der Waals surface area contributed by atoms with E-state index in [1.165, 1.54) is 11.3 Å². The second-order valence-electron chi connectivity index (χ2n) is 3.21. The van der Waals surface area contributed by atoms with Gasteiger partial charge in [-0.2, -0.15) is 5.26 Å². The molecule has 0 aliphatic heterocycles. The van der Waals surface area contributed by atoms with E-state index < -0.39 is 11.6 Å². The molecule has 1 aromatic heterocycles. The number of benzene rings is 1. The van der Waals surface area contributed by atoms with Gasteiger partial charge in [0, 0.05) is 11.6 Å². The summed E-state index contributed by atoms with van der Waals surface area (Å²) in [4.78, 5) is 3.98. The first kappa shape index (κ1) is 11.5. The molecule has 86 valence electrons. The van der Waals surface area contributed by atoms with E-state index >= 15 is 0 Å². The molecule has 0 unspecified atom stereocenters. The van der Waals surface area contributed by atoms with Crippen LogP contribution in [0.1, 0.15) is 10.6 Å². The van der Waals surface area contributed by atoms with Crippen molar-refractivity contribution in [3.63, 3.8) is 0 Å². The van der Waals surface area contributed by atoms with Gasteiger partial charge in [0.1, 0.15) is 10.7 Å². The maximum absolute atomic E-state index is 13.5. The van der Waals surface area contributed by atoms with Crippen molar-refractivity contribution >= 4 is 17.0 Å². The quantitative estimate of drug-likeness (QED) is 0.912. The molecule has 0 fully saturated rings. The summed E-state index contributed by atoms with van der Waals surface area (Å²) in [6.07, 6.45) is 1.62. The largest absolute Gasteiger partial charge is 0.374 e. The van der Waals surface area contributed by atoms with Crippen LogP contribution in [0.15, 0.2) is 23.7 Å². The molecule has 17 heavy (non-hydrogen) atoms. The fraction of sp³-hybridized carbons (Fsp3) is 0.0909. The Bertz CT molecular complexity index is 538. The van der Waals surface area contributed by atoms with Crippen LogP contribution >= 0.6 is 11.3 Å². The molecule has 0 amide bonds. The van der Waals surface area contributed by atoms with E-state index in [9.17, 15) is 8.78 Å². The average molecular weight is 251 g/mol. The van der Waals surface area contributed by atoms with Crippen LogP contribution in [0.25, 0.3) is 0 Å². The highest BCUT2D eigenvalue weighted by Crippen LogP contribution is 2.21. The van der Waals surface area contributed by atoms with Crippen LogP contribution in [0.3, 0.4) is 0 Å². The van der Waals surface area contributed by atoms with E-state index in [1.54, 1.807) is 17.6 Å². The van der Waals surface area contributed by atoms with Crippen LogP contribution in [0.5, 0.6) is 0 Å². The Hall–Kier alpha value is -2.00. The van der Waals surface area contributed by atoms with Crippen LogP contribution in [0.2, 0.25) is 0 Å². The van der Waals surface area contributed by atoms with Crippen molar-refractivity contribution in [3.8, 4) is 6.07 Å². The SMILES string of the molecule is N#Cc1cc(F)c(NCc2nccs2)c(F)c1. The lowest BCUT2D eigenvalue weighted by molar-refractivity contribution is 0.587. The van der Waals surface area contributed by atoms with Gasteiger partial charge in [0.15, 0.2) is 11.6 Å². The topological polar surface area (TPSA) is 48.7 Å². The van der Waals surface area contributed by atoms with Crippen molar-refractivity contribution in [1.29, 1.82) is 5.26 Å². The van der Waals surface area contributed by atoms with Gasteiger partial charge >= 0.3 is 0 Å². The molecule has 1 aromatic carbocycles. The molecule has 2 rings (SSSR count). The minimum absolute atomic E-state index is 0.0419. The van der Waals surface area contributed by atoms with Crippen LogP contribution in [0, 0.1) is 23.0 Å². The molecule has 3 nitrogen and oxygen atoms in total. The predicted octanol–water partition coefficient (Wildman–Crippen LogP) is 2.91. The van der Waals surface area contributed by atoms with Gasteiger partial charge in [-0.1, -0.05) is 0 Å². The Kier molecular flexibility index (Phi) is 3.30. The fourth-order valence-corrected chi connectivity index (χ4v) is 1.87. The molecular formula is C11H7F2N3S. The number of nitriles is 1. The average Bonchev–Trinajstić information content (AvgIpc) is 2.80. The van der Waals surface area contributed by atoms with Gasteiger partial charge in [-0.15, -0.1) is 11.3 Å². The highest BCUT2D eigenvalue weighted by molar-refractivity contribution is 7.09. The van der Waals surface area contributed by atoms with Gasteiger partial charge in [0.25, 0.3) is 0 Å². The monoisotopic (exact) mass is 251 g/mol. The van der Waals surface area contributed by atoms with E-state index in [0.717, 1.165) is 17.1 Å². The molecule has 0 aliphatic carbocycles. The molecule has 0 aliphatic rings. The first-order valence-electron chi connectivity index (χ1n) is 4.72. The second kappa shape index (κ2) is 4.89. The Labute approximate surface area is 100 Å². The molecule has 0 atom stereocenters. The van der Waals surface area contributed by atoms with E-state index in [4.69, 9.17) is 5.26 Å². The van der Waals surface area contributed by atoms with Crippen molar-refractivity contribution in [2.75, 3.05) is 5.32 Å². The van der Waals surface area contributed by atoms with Crippen molar-refractivity contribution < 1.29 is 8.78 Å². The zero-order valence-electron chi connectivity index (χ0n) is 8.58. The van der Waals surface area contributed by atoms with E-state index in [1.807, 2.05) is 0 Å². The molecule has 0 spiro atoms. The lowest BCUT2D eigenvalue weighted by Crippen LogP contribution is -2.04. The maximum atomic E-state index is 13.5. The first-order valence-corrected chi connectivity index (χ1v) is 5.60. The Morgan fingerprint density at radius 1 is 1.35 bits per heavy atom. The van der Waals surface area contributed by atoms with Gasteiger partial charge in [0.05, 0.1) is 18.2 Å². The summed E-state index contributed by atoms with van der Waals surface area (Å²) in [5.41, 5.74) is -0.279. The summed E-state index contributed by atoms with van der Waals surface area (Å²) in [5.74, 6) is -1.56. The minimum Gasteiger partial charge on any atom is -0.374 e. The number of hydrogen-bond acceptors (Lipinski definition) is 4. The van der Waals surface area contributed by atoms with Crippen molar-refractivity contribution in [2.24, 2.45) is 0 Å². The number of nitrogens with zero attached hydrogens (tertiary/aromatic N) is 2. The lowest BCUT2D eigenvalue weighted by Gasteiger charge is -2.07. The molecule has 1 heterocycles. The number of aromatic nitrogens is 1. The highest BCUT2D eigenvalue weighted by atomic mass is 32.1. The summed E-state index contributed by atoms with van der Waals surface area (Å²) in [5, 5.41) is 13.7. The van der Waals surface area contributed by atoms with Gasteiger partial charge in [-0.3, -0.25) is 0 Å². The number of thiazole rings is 1. The van der Waals surface area contributed by atoms with Crippen LogP contribution in [-0.2, 0) is 6.54 Å². The van der Waals surface area contributed by atoms with Crippen molar-refractivity contribution in [1.82, 2.24) is 4.98 Å². The van der Waals surface area contributed by atoms with Gasteiger partial charge in [0.2, 0.25) is 0 Å². The van der Waals surface area contributed by atoms with Crippen molar-refractivity contribution in [2.45, 2.75) is 6.54 Å². The number of anilines is 1. The summed E-state index contributed by atoms with van der Waals surface area (Å²) in [6, 6.07) is 3.67. The number of rotatable bonds is 3. The van der Waals surface area contributed by atoms with Gasteiger partial charge in [-0.05, 0) is 12.1 Å². The van der Waals surface area contributed by atoms with Crippen molar-refractivity contribution in [3.05, 3.63) is 45.9 Å². The third kappa shape index (κ3) is 2.57. The van der Waals surface area contributed by atoms with E-state index in [2.05, 4.69) is 10.3 Å². The molecule has 0 saturated heterocycles. The summed E-state index contributed by atoms with van der Waals surface area (Å²) in [6.45, 7) is 0.247.